The van der Waals surface area contributed by atoms with E-state index in [0.29, 0.717) is 6.42 Å². The molecule has 1 fully saturated rings. The van der Waals surface area contributed by atoms with Crippen molar-refractivity contribution in [3.63, 3.8) is 0 Å². The van der Waals surface area contributed by atoms with Crippen LogP contribution in [0.15, 0.2) is 25.6 Å². The molecule has 3 N–H and O–H groups in total. The number of nitrogens with zero attached hydrogens (tertiary/aromatic N) is 1. The molecular weight excluding hydrogens is 196 g/mol. The molecule has 1 aliphatic heterocycles. The van der Waals surface area contributed by atoms with E-state index in [1.807, 2.05) is 0 Å². The summed E-state index contributed by atoms with van der Waals surface area (Å²) in [5.41, 5.74) is 0. The van der Waals surface area contributed by atoms with E-state index in [9.17, 15) is 9.59 Å². The second kappa shape index (κ2) is 8.96. The number of likely N-dealkylation sites (tertiary alicyclic amines) is 1. The van der Waals surface area contributed by atoms with E-state index in [-0.39, 0.29) is 18.0 Å². The summed E-state index contributed by atoms with van der Waals surface area (Å²) in [6, 6.07) is 0. The zero-order valence-corrected chi connectivity index (χ0v) is 9.07. The van der Waals surface area contributed by atoms with E-state index < -0.39 is 0 Å². The summed E-state index contributed by atoms with van der Waals surface area (Å²) >= 11 is 0. The van der Waals surface area contributed by atoms with Crippen LogP contribution in [-0.2, 0) is 14.3 Å². The quantitative estimate of drug-likeness (QED) is 0.559. The van der Waals surface area contributed by atoms with Gasteiger partial charge in [-0.2, -0.15) is 0 Å². The number of hydrogen-bond acceptors (Lipinski definition) is 4. The van der Waals surface area contributed by atoms with Crippen LogP contribution in [0.4, 0.5) is 0 Å². The van der Waals surface area contributed by atoms with Crippen LogP contribution in [0.2, 0.25) is 0 Å². The molecule has 5 heteroatoms. The van der Waals surface area contributed by atoms with Crippen LogP contribution in [-0.4, -0.2) is 23.3 Å². The van der Waals surface area contributed by atoms with E-state index in [2.05, 4.69) is 17.9 Å². The first kappa shape index (κ1) is 15.8. The highest BCUT2D eigenvalue weighted by molar-refractivity contribution is 5.78. The minimum atomic E-state index is -0.329. The van der Waals surface area contributed by atoms with Gasteiger partial charge in [-0.25, -0.2) is 0 Å². The van der Waals surface area contributed by atoms with Crippen LogP contribution in [0.3, 0.4) is 0 Å². The largest absolute Gasteiger partial charge is 0.435 e. The predicted molar refractivity (Wildman–Crippen MR) is 58.1 cm³/mol. The standard InChI is InChI=1S/C6H9NO.C4H6O2.H3N/c1-2-7-5-3-4-6(7)8;1-3-6-4(2)5;/h2H,1,3-5H2;3H,1H2,2H3;1H3. The highest BCUT2D eigenvalue weighted by Crippen LogP contribution is 2.08. The number of amides is 1. The number of carbonyl (C=O) groups excluding carboxylic acids is 2. The van der Waals surface area contributed by atoms with Crippen LogP contribution in [0.25, 0.3) is 0 Å². The molecule has 0 spiro atoms. The third-order valence-electron chi connectivity index (χ3n) is 1.58. The van der Waals surface area contributed by atoms with Crippen molar-refractivity contribution in [1.82, 2.24) is 11.1 Å². The van der Waals surface area contributed by atoms with Crippen molar-refractivity contribution in [3.05, 3.63) is 25.6 Å². The maximum absolute atomic E-state index is 10.7. The maximum atomic E-state index is 10.7. The van der Waals surface area contributed by atoms with Gasteiger partial charge < -0.3 is 15.8 Å². The summed E-state index contributed by atoms with van der Waals surface area (Å²) in [7, 11) is 0. The third-order valence-corrected chi connectivity index (χ3v) is 1.58. The highest BCUT2D eigenvalue weighted by atomic mass is 16.5. The molecule has 1 heterocycles. The molecule has 0 aromatic carbocycles. The fraction of sp³-hybridized carbons (Fsp3) is 0.400. The van der Waals surface area contributed by atoms with Gasteiger partial charge in [0.1, 0.15) is 0 Å². The number of carbonyl (C=O) groups is 2. The van der Waals surface area contributed by atoms with Crippen molar-refractivity contribution < 1.29 is 14.3 Å². The Hall–Kier alpha value is -1.62. The van der Waals surface area contributed by atoms with Crippen LogP contribution in [0.1, 0.15) is 19.8 Å². The lowest BCUT2D eigenvalue weighted by Crippen LogP contribution is -2.16. The van der Waals surface area contributed by atoms with E-state index >= 15 is 0 Å². The molecule has 5 nitrogen and oxygen atoms in total. The van der Waals surface area contributed by atoms with Gasteiger partial charge in [0.15, 0.2) is 0 Å². The molecule has 86 valence electrons. The summed E-state index contributed by atoms with van der Waals surface area (Å²) in [6.07, 6.45) is 4.38. The molecule has 0 unspecified atom stereocenters. The molecule has 1 rings (SSSR count). The molecular formula is C10H18N2O3. The minimum Gasteiger partial charge on any atom is -0.435 e. The van der Waals surface area contributed by atoms with Crippen molar-refractivity contribution in [2.45, 2.75) is 19.8 Å². The Morgan fingerprint density at radius 2 is 2.13 bits per heavy atom. The Balaban J connectivity index is 0. The normalized spacial score (nSPS) is 13.1. The average Bonchev–Trinajstić information content (AvgIpc) is 2.51. The summed E-state index contributed by atoms with van der Waals surface area (Å²) in [5.74, 6) is -0.120. The molecule has 0 aliphatic carbocycles. The third kappa shape index (κ3) is 7.45. The Kier molecular flexibility index (Phi) is 9.45. The van der Waals surface area contributed by atoms with E-state index in [1.165, 1.54) is 6.92 Å². The zero-order valence-electron chi connectivity index (χ0n) is 9.07. The molecule has 0 atom stereocenters. The monoisotopic (exact) mass is 214 g/mol. The van der Waals surface area contributed by atoms with Gasteiger partial charge >= 0.3 is 5.97 Å². The van der Waals surface area contributed by atoms with Crippen molar-refractivity contribution >= 4 is 11.9 Å². The zero-order chi connectivity index (χ0) is 11.0. The molecule has 0 radical (unpaired) electrons. The summed E-state index contributed by atoms with van der Waals surface area (Å²) in [4.78, 5) is 22.1. The summed E-state index contributed by atoms with van der Waals surface area (Å²) in [6.45, 7) is 8.84. The molecule has 0 bridgehead atoms. The van der Waals surface area contributed by atoms with E-state index in [4.69, 9.17) is 0 Å². The Morgan fingerprint density at radius 3 is 2.27 bits per heavy atom. The SMILES string of the molecule is C=CN1CCCC1=O.C=COC(C)=O.N. The number of rotatable bonds is 2. The first-order valence-electron chi connectivity index (χ1n) is 4.32. The topological polar surface area (TPSA) is 81.6 Å². The Morgan fingerprint density at radius 1 is 1.53 bits per heavy atom. The predicted octanol–water partition coefficient (Wildman–Crippen LogP) is 1.61. The maximum Gasteiger partial charge on any atom is 0.307 e. The first-order chi connectivity index (χ1) is 6.61. The number of hydrogen-bond donors (Lipinski definition) is 1. The fourth-order valence-electron chi connectivity index (χ4n) is 0.979. The number of ether oxygens (including phenoxy) is 1. The van der Waals surface area contributed by atoms with Crippen LogP contribution >= 0.6 is 0 Å². The molecule has 0 saturated carbocycles. The summed E-state index contributed by atoms with van der Waals surface area (Å²) in [5, 5.41) is 0. The Bertz CT molecular complexity index is 239. The van der Waals surface area contributed by atoms with Crippen molar-refractivity contribution in [1.29, 1.82) is 0 Å². The molecule has 0 aromatic rings. The molecule has 1 saturated heterocycles. The first-order valence-corrected chi connectivity index (χ1v) is 4.32. The van der Waals surface area contributed by atoms with Gasteiger partial charge in [-0.15, -0.1) is 0 Å². The van der Waals surface area contributed by atoms with Gasteiger partial charge in [0, 0.05) is 19.9 Å². The lowest BCUT2D eigenvalue weighted by molar-refractivity contribution is -0.135. The van der Waals surface area contributed by atoms with E-state index in [0.717, 1.165) is 19.2 Å². The molecule has 0 aromatic heterocycles. The average molecular weight is 214 g/mol. The lowest BCUT2D eigenvalue weighted by atomic mass is 10.4. The van der Waals surface area contributed by atoms with Crippen LogP contribution < -0.4 is 6.15 Å². The van der Waals surface area contributed by atoms with Gasteiger partial charge in [-0.1, -0.05) is 13.2 Å². The smallest absolute Gasteiger partial charge is 0.307 e. The van der Waals surface area contributed by atoms with Gasteiger partial charge in [-0.05, 0) is 12.6 Å². The minimum absolute atomic E-state index is 0. The fourth-order valence-corrected chi connectivity index (χ4v) is 0.979. The highest BCUT2D eigenvalue weighted by Gasteiger charge is 2.15. The van der Waals surface area contributed by atoms with Gasteiger partial charge in [0.25, 0.3) is 0 Å². The molecule has 15 heavy (non-hydrogen) atoms. The van der Waals surface area contributed by atoms with Gasteiger partial charge in [0.05, 0.1) is 6.26 Å². The number of esters is 1. The molecule has 1 amide bonds. The van der Waals surface area contributed by atoms with Crippen LogP contribution in [0, 0.1) is 0 Å². The summed E-state index contributed by atoms with van der Waals surface area (Å²) < 4.78 is 4.17. The molecule has 1 aliphatic rings. The van der Waals surface area contributed by atoms with Gasteiger partial charge in [-0.3, -0.25) is 9.59 Å². The van der Waals surface area contributed by atoms with Crippen molar-refractivity contribution in [2.75, 3.05) is 6.54 Å². The van der Waals surface area contributed by atoms with Crippen molar-refractivity contribution in [3.8, 4) is 0 Å². The van der Waals surface area contributed by atoms with Gasteiger partial charge in [0.2, 0.25) is 5.91 Å². The second-order valence-electron chi connectivity index (χ2n) is 2.65. The second-order valence-corrected chi connectivity index (χ2v) is 2.65. The lowest BCUT2D eigenvalue weighted by Gasteiger charge is -2.05. The van der Waals surface area contributed by atoms with E-state index in [1.54, 1.807) is 11.1 Å². The van der Waals surface area contributed by atoms with Crippen molar-refractivity contribution in [2.24, 2.45) is 0 Å². The Labute approximate surface area is 90.0 Å². The van der Waals surface area contributed by atoms with Crippen LogP contribution in [0.5, 0.6) is 0 Å².